The van der Waals surface area contributed by atoms with Crippen LogP contribution in [0.1, 0.15) is 52.9 Å². The van der Waals surface area contributed by atoms with Gasteiger partial charge in [0, 0.05) is 25.7 Å². The molecule has 1 aliphatic rings. The fraction of sp³-hybridized carbons (Fsp3) is 1.00. The number of aliphatic hydroxyl groups excluding tert-OH is 1. The van der Waals surface area contributed by atoms with Gasteiger partial charge in [0.2, 0.25) is 0 Å². The van der Waals surface area contributed by atoms with Gasteiger partial charge in [0.05, 0.1) is 0 Å². The zero-order valence-corrected chi connectivity index (χ0v) is 12.5. The highest BCUT2D eigenvalue weighted by Crippen LogP contribution is 2.36. The lowest BCUT2D eigenvalue weighted by molar-refractivity contribution is 0.204. The number of rotatable bonds is 9. The minimum absolute atomic E-state index is 0.294. The van der Waals surface area contributed by atoms with Crippen LogP contribution < -0.4 is 5.32 Å². The van der Waals surface area contributed by atoms with Crippen molar-refractivity contribution in [2.75, 3.05) is 32.8 Å². The van der Waals surface area contributed by atoms with Crippen molar-refractivity contribution in [3.05, 3.63) is 0 Å². The van der Waals surface area contributed by atoms with Crippen LogP contribution in [0.2, 0.25) is 0 Å². The van der Waals surface area contributed by atoms with Crippen molar-refractivity contribution in [1.82, 2.24) is 10.2 Å². The monoisotopic (exact) mass is 256 g/mol. The zero-order valence-electron chi connectivity index (χ0n) is 12.5. The van der Waals surface area contributed by atoms with Crippen LogP contribution >= 0.6 is 0 Å². The number of nitrogens with one attached hydrogen (secondary N) is 1. The van der Waals surface area contributed by atoms with E-state index in [0.717, 1.165) is 25.9 Å². The van der Waals surface area contributed by atoms with Gasteiger partial charge in [0.25, 0.3) is 0 Å². The summed E-state index contributed by atoms with van der Waals surface area (Å²) < 4.78 is 0. The molecule has 0 amide bonds. The highest BCUT2D eigenvalue weighted by atomic mass is 16.3. The van der Waals surface area contributed by atoms with Gasteiger partial charge in [0.15, 0.2) is 0 Å². The first-order chi connectivity index (χ1) is 8.69. The van der Waals surface area contributed by atoms with E-state index in [0.29, 0.717) is 18.1 Å². The summed E-state index contributed by atoms with van der Waals surface area (Å²) in [5.74, 6) is 0. The Morgan fingerprint density at radius 2 is 2.00 bits per heavy atom. The molecule has 0 aromatic carbocycles. The van der Waals surface area contributed by atoms with E-state index in [-0.39, 0.29) is 0 Å². The SMILES string of the molecule is CCCNC(CCO)CN1CCC(CC)(CC)C1. The molecule has 1 unspecified atom stereocenters. The lowest BCUT2D eigenvalue weighted by Gasteiger charge is -2.28. The summed E-state index contributed by atoms with van der Waals surface area (Å²) in [6, 6.07) is 0.458. The Kier molecular flexibility index (Phi) is 7.20. The summed E-state index contributed by atoms with van der Waals surface area (Å²) in [6.45, 7) is 11.8. The minimum Gasteiger partial charge on any atom is -0.396 e. The molecule has 0 aliphatic carbocycles. The van der Waals surface area contributed by atoms with E-state index < -0.39 is 0 Å². The van der Waals surface area contributed by atoms with E-state index in [1.165, 1.54) is 32.4 Å². The second kappa shape index (κ2) is 8.13. The number of aliphatic hydroxyl groups is 1. The van der Waals surface area contributed by atoms with E-state index in [2.05, 4.69) is 31.0 Å². The van der Waals surface area contributed by atoms with Crippen LogP contribution in [0.4, 0.5) is 0 Å². The van der Waals surface area contributed by atoms with Crippen LogP contribution in [-0.2, 0) is 0 Å². The fourth-order valence-corrected chi connectivity index (χ4v) is 3.08. The van der Waals surface area contributed by atoms with E-state index >= 15 is 0 Å². The summed E-state index contributed by atoms with van der Waals surface area (Å²) >= 11 is 0. The molecule has 0 bridgehead atoms. The van der Waals surface area contributed by atoms with Crippen molar-refractivity contribution in [2.45, 2.75) is 58.9 Å². The van der Waals surface area contributed by atoms with Crippen molar-refractivity contribution in [3.8, 4) is 0 Å². The van der Waals surface area contributed by atoms with Crippen molar-refractivity contribution >= 4 is 0 Å². The minimum atomic E-state index is 0.294. The average Bonchev–Trinajstić information content (AvgIpc) is 2.80. The number of hydrogen-bond donors (Lipinski definition) is 2. The maximum absolute atomic E-state index is 9.15. The predicted molar refractivity (Wildman–Crippen MR) is 77.9 cm³/mol. The molecule has 0 aromatic rings. The van der Waals surface area contributed by atoms with Crippen LogP contribution in [-0.4, -0.2) is 48.8 Å². The smallest absolute Gasteiger partial charge is 0.0446 e. The highest BCUT2D eigenvalue weighted by molar-refractivity contribution is 4.89. The summed E-state index contributed by atoms with van der Waals surface area (Å²) in [7, 11) is 0. The molecule has 1 atom stereocenters. The molecule has 0 saturated carbocycles. The molecular formula is C15H32N2O. The first-order valence-corrected chi connectivity index (χ1v) is 7.76. The van der Waals surface area contributed by atoms with E-state index in [1.54, 1.807) is 0 Å². The van der Waals surface area contributed by atoms with Gasteiger partial charge in [0.1, 0.15) is 0 Å². The van der Waals surface area contributed by atoms with Gasteiger partial charge in [-0.3, -0.25) is 0 Å². The lowest BCUT2D eigenvalue weighted by atomic mass is 9.82. The van der Waals surface area contributed by atoms with Crippen LogP contribution in [0.15, 0.2) is 0 Å². The van der Waals surface area contributed by atoms with Gasteiger partial charge in [-0.1, -0.05) is 20.8 Å². The standard InChI is InChI=1S/C15H32N2O/c1-4-9-16-14(7-11-18)12-17-10-8-15(5-2,6-3)13-17/h14,16,18H,4-13H2,1-3H3. The van der Waals surface area contributed by atoms with E-state index in [4.69, 9.17) is 5.11 Å². The van der Waals surface area contributed by atoms with Crippen molar-refractivity contribution in [1.29, 1.82) is 0 Å². The third-order valence-corrected chi connectivity index (χ3v) is 4.66. The maximum Gasteiger partial charge on any atom is 0.0446 e. The Bertz CT molecular complexity index is 217. The predicted octanol–water partition coefficient (Wildman–Crippen LogP) is 2.25. The van der Waals surface area contributed by atoms with Gasteiger partial charge in [-0.15, -0.1) is 0 Å². The first kappa shape index (κ1) is 15.9. The third-order valence-electron chi connectivity index (χ3n) is 4.66. The zero-order chi connectivity index (χ0) is 13.4. The molecule has 0 aromatic heterocycles. The summed E-state index contributed by atoms with van der Waals surface area (Å²) in [4.78, 5) is 2.59. The first-order valence-electron chi connectivity index (χ1n) is 7.76. The second-order valence-corrected chi connectivity index (χ2v) is 5.86. The van der Waals surface area contributed by atoms with Crippen molar-refractivity contribution < 1.29 is 5.11 Å². The summed E-state index contributed by atoms with van der Waals surface area (Å²) in [5.41, 5.74) is 0.564. The molecule has 1 fully saturated rings. The van der Waals surface area contributed by atoms with Crippen molar-refractivity contribution in [3.63, 3.8) is 0 Å². The molecule has 108 valence electrons. The molecule has 1 heterocycles. The quantitative estimate of drug-likeness (QED) is 0.664. The van der Waals surface area contributed by atoms with Crippen LogP contribution in [0.25, 0.3) is 0 Å². The van der Waals surface area contributed by atoms with Gasteiger partial charge < -0.3 is 15.3 Å². The molecule has 1 aliphatic heterocycles. The topological polar surface area (TPSA) is 35.5 Å². The fourth-order valence-electron chi connectivity index (χ4n) is 3.08. The number of hydrogen-bond acceptors (Lipinski definition) is 3. The Balaban J connectivity index is 2.40. The van der Waals surface area contributed by atoms with Gasteiger partial charge in [-0.2, -0.15) is 0 Å². The Hall–Kier alpha value is -0.120. The second-order valence-electron chi connectivity index (χ2n) is 5.86. The molecule has 18 heavy (non-hydrogen) atoms. The Morgan fingerprint density at radius 3 is 2.50 bits per heavy atom. The lowest BCUT2D eigenvalue weighted by Crippen LogP contribution is -2.41. The molecule has 1 saturated heterocycles. The highest BCUT2D eigenvalue weighted by Gasteiger charge is 2.35. The molecule has 2 N–H and O–H groups in total. The number of nitrogens with zero attached hydrogens (tertiary/aromatic N) is 1. The maximum atomic E-state index is 9.15. The normalized spacial score (nSPS) is 21.3. The molecule has 3 heteroatoms. The Morgan fingerprint density at radius 1 is 1.28 bits per heavy atom. The molecule has 0 radical (unpaired) electrons. The van der Waals surface area contributed by atoms with Crippen LogP contribution in [0.5, 0.6) is 0 Å². The molecule has 3 nitrogen and oxygen atoms in total. The molecular weight excluding hydrogens is 224 g/mol. The largest absolute Gasteiger partial charge is 0.396 e. The molecule has 1 rings (SSSR count). The van der Waals surface area contributed by atoms with E-state index in [1.807, 2.05) is 0 Å². The third kappa shape index (κ3) is 4.52. The summed E-state index contributed by atoms with van der Waals surface area (Å²) in [6.07, 6.45) is 5.98. The van der Waals surface area contributed by atoms with Gasteiger partial charge in [-0.05, 0) is 50.6 Å². The van der Waals surface area contributed by atoms with Crippen molar-refractivity contribution in [2.24, 2.45) is 5.41 Å². The van der Waals surface area contributed by atoms with E-state index in [9.17, 15) is 0 Å². The molecule has 0 spiro atoms. The average molecular weight is 256 g/mol. The van der Waals surface area contributed by atoms with Gasteiger partial charge >= 0.3 is 0 Å². The van der Waals surface area contributed by atoms with Gasteiger partial charge in [-0.25, -0.2) is 0 Å². The summed E-state index contributed by atoms with van der Waals surface area (Å²) in [5, 5.41) is 12.7. The Labute approximate surface area is 113 Å². The van der Waals surface area contributed by atoms with Crippen LogP contribution in [0.3, 0.4) is 0 Å². The van der Waals surface area contributed by atoms with Crippen LogP contribution in [0, 0.1) is 5.41 Å². The number of likely N-dealkylation sites (tertiary alicyclic amines) is 1.